The second kappa shape index (κ2) is 5.04. The molecule has 3 heteroatoms. The van der Waals surface area contributed by atoms with Crippen molar-refractivity contribution in [2.24, 2.45) is 5.41 Å². The minimum absolute atomic E-state index is 0.269. The fourth-order valence-corrected chi connectivity index (χ4v) is 1.90. The van der Waals surface area contributed by atoms with Gasteiger partial charge in [-0.2, -0.15) is 0 Å². The molecule has 1 unspecified atom stereocenters. The average molecular weight is 230 g/mol. The van der Waals surface area contributed by atoms with E-state index in [9.17, 15) is 0 Å². The Bertz CT molecular complexity index is 301. The Hall–Kier alpha value is -0.470. The number of halogens is 1. The van der Waals surface area contributed by atoms with Crippen LogP contribution in [-0.4, -0.2) is 6.04 Å². The molecule has 0 radical (unpaired) electrons. The predicted octanol–water partition coefficient (Wildman–Crippen LogP) is 3.85. The van der Waals surface area contributed by atoms with Crippen molar-refractivity contribution in [1.29, 1.82) is 0 Å². The molecule has 86 valence electrons. The van der Waals surface area contributed by atoms with Crippen LogP contribution in [0.3, 0.4) is 0 Å². The summed E-state index contributed by atoms with van der Waals surface area (Å²) in [4.78, 5) is 0. The molecule has 0 aliphatic carbocycles. The van der Waals surface area contributed by atoms with Crippen LogP contribution in [0, 0.1) is 5.41 Å². The van der Waals surface area contributed by atoms with E-state index in [1.807, 2.05) is 6.07 Å². The quantitative estimate of drug-likeness (QED) is 0.849. The van der Waals surface area contributed by atoms with E-state index in [0.717, 1.165) is 18.7 Å². The first-order valence-electron chi connectivity index (χ1n) is 5.41. The molecule has 0 bridgehead atoms. The van der Waals surface area contributed by atoms with Crippen LogP contribution in [0.15, 0.2) is 16.5 Å². The highest BCUT2D eigenvalue weighted by Crippen LogP contribution is 2.22. The van der Waals surface area contributed by atoms with Crippen molar-refractivity contribution in [3.8, 4) is 0 Å². The summed E-state index contributed by atoms with van der Waals surface area (Å²) in [6.07, 6.45) is 1.11. The molecule has 1 rings (SSSR count). The molecular weight excluding hydrogens is 210 g/mol. The van der Waals surface area contributed by atoms with E-state index in [2.05, 4.69) is 33.0 Å². The minimum atomic E-state index is 0.269. The Morgan fingerprint density at radius 1 is 1.40 bits per heavy atom. The van der Waals surface area contributed by atoms with Gasteiger partial charge in [0.25, 0.3) is 0 Å². The van der Waals surface area contributed by atoms with E-state index < -0.39 is 0 Å². The second-order valence-electron chi connectivity index (χ2n) is 4.91. The van der Waals surface area contributed by atoms with Gasteiger partial charge in [-0.1, -0.05) is 27.7 Å². The van der Waals surface area contributed by atoms with Crippen LogP contribution in [0.4, 0.5) is 0 Å². The summed E-state index contributed by atoms with van der Waals surface area (Å²) in [6, 6.07) is 4.17. The molecule has 0 fully saturated rings. The Morgan fingerprint density at radius 2 is 2.07 bits per heavy atom. The van der Waals surface area contributed by atoms with E-state index >= 15 is 0 Å². The lowest BCUT2D eigenvalue weighted by molar-refractivity contribution is 0.254. The zero-order valence-electron chi connectivity index (χ0n) is 9.93. The van der Waals surface area contributed by atoms with Gasteiger partial charge in [0.2, 0.25) is 0 Å². The number of rotatable bonds is 4. The van der Waals surface area contributed by atoms with Crippen molar-refractivity contribution < 1.29 is 4.42 Å². The molecule has 2 nitrogen and oxygen atoms in total. The summed E-state index contributed by atoms with van der Waals surface area (Å²) < 4.78 is 5.29. The maximum absolute atomic E-state index is 5.71. The molecule has 0 amide bonds. The summed E-state index contributed by atoms with van der Waals surface area (Å²) in [6.45, 7) is 9.65. The highest BCUT2D eigenvalue weighted by atomic mass is 35.5. The van der Waals surface area contributed by atoms with E-state index in [0.29, 0.717) is 11.3 Å². The van der Waals surface area contributed by atoms with Crippen LogP contribution >= 0.6 is 11.6 Å². The Balaban J connectivity index is 2.48. The molecule has 0 aliphatic rings. The minimum Gasteiger partial charge on any atom is -0.448 e. The number of furan rings is 1. The first kappa shape index (κ1) is 12.6. The molecule has 0 aromatic carbocycles. The van der Waals surface area contributed by atoms with Crippen molar-refractivity contribution in [3.05, 3.63) is 23.1 Å². The summed E-state index contributed by atoms with van der Waals surface area (Å²) in [7, 11) is 0. The lowest BCUT2D eigenvalue weighted by Gasteiger charge is -2.30. The lowest BCUT2D eigenvalue weighted by Crippen LogP contribution is -2.39. The normalized spacial score (nSPS) is 14.2. The highest BCUT2D eigenvalue weighted by Gasteiger charge is 2.22. The van der Waals surface area contributed by atoms with Gasteiger partial charge in [-0.15, -0.1) is 0 Å². The maximum Gasteiger partial charge on any atom is 0.193 e. The zero-order valence-corrected chi connectivity index (χ0v) is 10.7. The predicted molar refractivity (Wildman–Crippen MR) is 64.1 cm³/mol. The van der Waals surface area contributed by atoms with Crippen molar-refractivity contribution in [1.82, 2.24) is 5.32 Å². The highest BCUT2D eigenvalue weighted by molar-refractivity contribution is 6.28. The third kappa shape index (κ3) is 3.88. The maximum atomic E-state index is 5.71. The molecule has 15 heavy (non-hydrogen) atoms. The third-order valence-corrected chi connectivity index (χ3v) is 2.81. The standard InChI is InChI=1S/C12H20ClNO/c1-5-10(12(2,3)4)14-8-9-6-7-11(13)15-9/h6-7,10,14H,5,8H2,1-4H3. The smallest absolute Gasteiger partial charge is 0.193 e. The fraction of sp³-hybridized carbons (Fsp3) is 0.667. The van der Waals surface area contributed by atoms with Crippen LogP contribution < -0.4 is 5.32 Å². The SMILES string of the molecule is CCC(NCc1ccc(Cl)o1)C(C)(C)C. The second-order valence-corrected chi connectivity index (χ2v) is 5.29. The number of nitrogens with one attached hydrogen (secondary N) is 1. The van der Waals surface area contributed by atoms with Gasteiger partial charge in [0, 0.05) is 6.04 Å². The average Bonchev–Trinajstić information content (AvgIpc) is 2.50. The van der Waals surface area contributed by atoms with Crippen LogP contribution in [0.5, 0.6) is 0 Å². The molecule has 0 saturated carbocycles. The van der Waals surface area contributed by atoms with Gasteiger partial charge in [-0.25, -0.2) is 0 Å². The first-order valence-corrected chi connectivity index (χ1v) is 5.79. The Labute approximate surface area is 97.0 Å². The zero-order chi connectivity index (χ0) is 11.5. The Morgan fingerprint density at radius 3 is 2.47 bits per heavy atom. The largest absolute Gasteiger partial charge is 0.448 e. The van der Waals surface area contributed by atoms with Crippen molar-refractivity contribution in [2.75, 3.05) is 0 Å². The molecule has 1 atom stereocenters. The number of hydrogen-bond acceptors (Lipinski definition) is 2. The van der Waals surface area contributed by atoms with Gasteiger partial charge in [-0.3, -0.25) is 0 Å². The van der Waals surface area contributed by atoms with Crippen LogP contribution in [-0.2, 0) is 6.54 Å². The topological polar surface area (TPSA) is 25.2 Å². The van der Waals surface area contributed by atoms with Crippen molar-refractivity contribution >= 4 is 11.6 Å². The lowest BCUT2D eigenvalue weighted by atomic mass is 9.85. The van der Waals surface area contributed by atoms with Gasteiger partial charge < -0.3 is 9.73 Å². The van der Waals surface area contributed by atoms with E-state index in [1.54, 1.807) is 6.07 Å². The molecule has 0 saturated heterocycles. The van der Waals surface area contributed by atoms with Gasteiger partial charge in [0.05, 0.1) is 6.54 Å². The van der Waals surface area contributed by atoms with Gasteiger partial charge >= 0.3 is 0 Å². The summed E-state index contributed by atoms with van der Waals surface area (Å²) >= 11 is 5.71. The van der Waals surface area contributed by atoms with E-state index in [4.69, 9.17) is 16.0 Å². The van der Waals surface area contributed by atoms with Crippen LogP contribution in [0.1, 0.15) is 39.9 Å². The monoisotopic (exact) mass is 229 g/mol. The van der Waals surface area contributed by atoms with E-state index in [-0.39, 0.29) is 5.41 Å². The molecule has 0 spiro atoms. The van der Waals surface area contributed by atoms with Gasteiger partial charge in [-0.05, 0) is 35.6 Å². The molecule has 0 aliphatic heterocycles. The van der Waals surface area contributed by atoms with Crippen molar-refractivity contribution in [2.45, 2.75) is 46.7 Å². The molecule has 1 heterocycles. The van der Waals surface area contributed by atoms with E-state index in [1.165, 1.54) is 0 Å². The van der Waals surface area contributed by atoms with Gasteiger partial charge in [0.1, 0.15) is 5.76 Å². The van der Waals surface area contributed by atoms with Crippen LogP contribution in [0.25, 0.3) is 0 Å². The summed E-state index contributed by atoms with van der Waals surface area (Å²) in [5.74, 6) is 0.891. The molecule has 1 N–H and O–H groups in total. The summed E-state index contributed by atoms with van der Waals surface area (Å²) in [5.41, 5.74) is 0.269. The fourth-order valence-electron chi connectivity index (χ4n) is 1.73. The molecular formula is C12H20ClNO. The Kier molecular flexibility index (Phi) is 4.23. The molecule has 1 aromatic heterocycles. The summed E-state index contributed by atoms with van der Waals surface area (Å²) in [5, 5.41) is 3.94. The first-order chi connectivity index (χ1) is 6.93. The number of hydrogen-bond donors (Lipinski definition) is 1. The van der Waals surface area contributed by atoms with Crippen molar-refractivity contribution in [3.63, 3.8) is 0 Å². The van der Waals surface area contributed by atoms with Crippen LogP contribution in [0.2, 0.25) is 5.22 Å². The van der Waals surface area contributed by atoms with Gasteiger partial charge in [0.15, 0.2) is 5.22 Å². The molecule has 1 aromatic rings. The third-order valence-electron chi connectivity index (χ3n) is 2.61.